The largest absolute Gasteiger partial charge is 0.340 e. The average molecular weight is 281 g/mol. The van der Waals surface area contributed by atoms with E-state index in [0.29, 0.717) is 11.9 Å². The van der Waals surface area contributed by atoms with E-state index in [0.717, 1.165) is 38.9 Å². The first-order valence-corrected chi connectivity index (χ1v) is 8.48. The zero-order valence-corrected chi connectivity index (χ0v) is 13.2. The lowest BCUT2D eigenvalue weighted by atomic mass is 10.0. The molecule has 2 aliphatic heterocycles. The molecule has 1 amide bonds. The van der Waals surface area contributed by atoms with Crippen molar-refractivity contribution in [3.05, 3.63) is 0 Å². The number of nitrogens with zero attached hydrogens (tertiary/aromatic N) is 2. The number of likely N-dealkylation sites (tertiary alicyclic amines) is 2. The van der Waals surface area contributed by atoms with E-state index >= 15 is 0 Å². The van der Waals surface area contributed by atoms with Gasteiger partial charge in [0.1, 0.15) is 0 Å². The fourth-order valence-electron chi connectivity index (χ4n) is 3.42. The van der Waals surface area contributed by atoms with Crippen molar-refractivity contribution < 1.29 is 4.79 Å². The first kappa shape index (κ1) is 15.8. The molecule has 2 rings (SSSR count). The molecule has 2 fully saturated rings. The topological polar surface area (TPSA) is 35.6 Å². The van der Waals surface area contributed by atoms with Crippen molar-refractivity contribution in [1.82, 2.24) is 15.1 Å². The molecule has 2 heterocycles. The molecular weight excluding hydrogens is 250 g/mol. The predicted octanol–water partition coefficient (Wildman–Crippen LogP) is 1.85. The number of nitrogens with one attached hydrogen (secondary N) is 1. The van der Waals surface area contributed by atoms with E-state index in [-0.39, 0.29) is 6.04 Å². The molecule has 2 saturated heterocycles. The Bertz CT molecular complexity index is 302. The molecule has 20 heavy (non-hydrogen) atoms. The monoisotopic (exact) mass is 281 g/mol. The van der Waals surface area contributed by atoms with Crippen LogP contribution in [-0.2, 0) is 4.79 Å². The summed E-state index contributed by atoms with van der Waals surface area (Å²) in [5.41, 5.74) is 0. The molecule has 0 aliphatic carbocycles. The lowest BCUT2D eigenvalue weighted by Crippen LogP contribution is -2.54. The number of carbonyl (C=O) groups excluding carboxylic acids is 1. The van der Waals surface area contributed by atoms with Crippen LogP contribution >= 0.6 is 0 Å². The molecule has 2 unspecified atom stereocenters. The molecule has 116 valence electrons. The minimum absolute atomic E-state index is 0.0669. The number of rotatable bonds is 6. The van der Waals surface area contributed by atoms with Crippen LogP contribution in [0.3, 0.4) is 0 Å². The van der Waals surface area contributed by atoms with Crippen LogP contribution in [0.5, 0.6) is 0 Å². The first-order chi connectivity index (χ1) is 9.72. The van der Waals surface area contributed by atoms with E-state index in [2.05, 4.69) is 29.0 Å². The molecular formula is C16H31N3O. The molecule has 0 aromatic rings. The van der Waals surface area contributed by atoms with Gasteiger partial charge in [0.25, 0.3) is 0 Å². The van der Waals surface area contributed by atoms with Crippen LogP contribution in [0, 0.1) is 0 Å². The van der Waals surface area contributed by atoms with Crippen molar-refractivity contribution in [3.63, 3.8) is 0 Å². The highest BCUT2D eigenvalue weighted by atomic mass is 16.2. The van der Waals surface area contributed by atoms with Crippen molar-refractivity contribution in [2.75, 3.05) is 32.7 Å². The first-order valence-electron chi connectivity index (χ1n) is 8.48. The predicted molar refractivity (Wildman–Crippen MR) is 82.8 cm³/mol. The van der Waals surface area contributed by atoms with Crippen LogP contribution in [-0.4, -0.2) is 60.5 Å². The second-order valence-corrected chi connectivity index (χ2v) is 6.38. The second-order valence-electron chi connectivity index (χ2n) is 6.38. The molecule has 0 saturated carbocycles. The molecule has 2 atom stereocenters. The smallest absolute Gasteiger partial charge is 0.239 e. The standard InChI is InChI=1S/C16H31N3O/c1-3-9-17-15-8-7-12-19(16(15)20)13-14(2)18-10-5-4-6-11-18/h14-15,17H,3-13H2,1-2H3. The Morgan fingerprint density at radius 3 is 2.65 bits per heavy atom. The second kappa shape index (κ2) is 7.99. The van der Waals surface area contributed by atoms with Crippen molar-refractivity contribution in [2.24, 2.45) is 0 Å². The number of piperidine rings is 2. The zero-order chi connectivity index (χ0) is 14.4. The van der Waals surface area contributed by atoms with Crippen LogP contribution in [0.1, 0.15) is 52.4 Å². The van der Waals surface area contributed by atoms with E-state index in [1.54, 1.807) is 0 Å². The van der Waals surface area contributed by atoms with Gasteiger partial charge in [-0.2, -0.15) is 0 Å². The van der Waals surface area contributed by atoms with E-state index in [9.17, 15) is 4.79 Å². The van der Waals surface area contributed by atoms with Gasteiger partial charge in [0.2, 0.25) is 5.91 Å². The van der Waals surface area contributed by atoms with Gasteiger partial charge in [-0.3, -0.25) is 9.69 Å². The van der Waals surface area contributed by atoms with Crippen LogP contribution < -0.4 is 5.32 Å². The number of hydrogen-bond acceptors (Lipinski definition) is 3. The maximum atomic E-state index is 12.5. The lowest BCUT2D eigenvalue weighted by molar-refractivity contribution is -0.136. The van der Waals surface area contributed by atoms with Crippen LogP contribution in [0.15, 0.2) is 0 Å². The summed E-state index contributed by atoms with van der Waals surface area (Å²) in [7, 11) is 0. The minimum atomic E-state index is 0.0669. The molecule has 0 aromatic heterocycles. The summed E-state index contributed by atoms with van der Waals surface area (Å²) in [4.78, 5) is 17.1. The Labute approximate surface area is 123 Å². The number of hydrogen-bond donors (Lipinski definition) is 1. The van der Waals surface area contributed by atoms with Gasteiger partial charge in [0, 0.05) is 19.1 Å². The van der Waals surface area contributed by atoms with Crippen LogP contribution in [0.2, 0.25) is 0 Å². The van der Waals surface area contributed by atoms with Crippen molar-refractivity contribution in [2.45, 2.75) is 64.5 Å². The third-order valence-corrected chi connectivity index (χ3v) is 4.67. The lowest BCUT2D eigenvalue weighted by Gasteiger charge is -2.38. The maximum absolute atomic E-state index is 12.5. The van der Waals surface area contributed by atoms with E-state index in [4.69, 9.17) is 0 Å². The molecule has 0 radical (unpaired) electrons. The van der Waals surface area contributed by atoms with Gasteiger partial charge in [-0.1, -0.05) is 13.3 Å². The summed E-state index contributed by atoms with van der Waals surface area (Å²) in [5, 5.41) is 3.40. The minimum Gasteiger partial charge on any atom is -0.340 e. The van der Waals surface area contributed by atoms with Gasteiger partial charge < -0.3 is 10.2 Å². The summed E-state index contributed by atoms with van der Waals surface area (Å²) in [6.07, 6.45) is 7.24. The number of amides is 1. The average Bonchev–Trinajstić information content (AvgIpc) is 2.49. The number of carbonyl (C=O) groups is 1. The summed E-state index contributed by atoms with van der Waals surface area (Å²) in [6, 6.07) is 0.571. The Balaban J connectivity index is 1.82. The van der Waals surface area contributed by atoms with Crippen molar-refractivity contribution in [3.8, 4) is 0 Å². The summed E-state index contributed by atoms with van der Waals surface area (Å²) >= 11 is 0. The quantitative estimate of drug-likeness (QED) is 0.807. The molecule has 4 nitrogen and oxygen atoms in total. The summed E-state index contributed by atoms with van der Waals surface area (Å²) < 4.78 is 0. The maximum Gasteiger partial charge on any atom is 0.239 e. The van der Waals surface area contributed by atoms with Crippen LogP contribution in [0.4, 0.5) is 0 Å². The molecule has 0 bridgehead atoms. The van der Waals surface area contributed by atoms with E-state index in [1.165, 1.54) is 32.4 Å². The van der Waals surface area contributed by atoms with Gasteiger partial charge in [-0.25, -0.2) is 0 Å². The third-order valence-electron chi connectivity index (χ3n) is 4.67. The normalized spacial score (nSPS) is 26.8. The van der Waals surface area contributed by atoms with Gasteiger partial charge in [0.05, 0.1) is 6.04 Å². The van der Waals surface area contributed by atoms with Crippen molar-refractivity contribution in [1.29, 1.82) is 0 Å². The third kappa shape index (κ3) is 4.19. The fourth-order valence-corrected chi connectivity index (χ4v) is 3.42. The molecule has 0 aromatic carbocycles. The van der Waals surface area contributed by atoms with Crippen molar-refractivity contribution >= 4 is 5.91 Å². The van der Waals surface area contributed by atoms with Crippen LogP contribution in [0.25, 0.3) is 0 Å². The molecule has 0 spiro atoms. The highest BCUT2D eigenvalue weighted by molar-refractivity contribution is 5.82. The fraction of sp³-hybridized carbons (Fsp3) is 0.938. The van der Waals surface area contributed by atoms with Gasteiger partial charge >= 0.3 is 0 Å². The SMILES string of the molecule is CCCNC1CCCN(CC(C)N2CCCCC2)C1=O. The van der Waals surface area contributed by atoms with E-state index < -0.39 is 0 Å². The van der Waals surface area contributed by atoms with Gasteiger partial charge in [-0.15, -0.1) is 0 Å². The molecule has 1 N–H and O–H groups in total. The van der Waals surface area contributed by atoms with Gasteiger partial charge in [-0.05, 0) is 58.7 Å². The molecule has 2 aliphatic rings. The summed E-state index contributed by atoms with van der Waals surface area (Å²) in [6.45, 7) is 9.65. The molecule has 4 heteroatoms. The zero-order valence-electron chi connectivity index (χ0n) is 13.2. The van der Waals surface area contributed by atoms with Gasteiger partial charge in [0.15, 0.2) is 0 Å². The summed E-state index contributed by atoms with van der Waals surface area (Å²) in [5.74, 6) is 0.327. The highest BCUT2D eigenvalue weighted by Gasteiger charge is 2.30. The van der Waals surface area contributed by atoms with E-state index in [1.807, 2.05) is 0 Å². The highest BCUT2D eigenvalue weighted by Crippen LogP contribution is 2.16. The Morgan fingerprint density at radius 2 is 1.95 bits per heavy atom. The Morgan fingerprint density at radius 1 is 1.20 bits per heavy atom. The Kier molecular flexibility index (Phi) is 6.30. The Hall–Kier alpha value is -0.610.